The summed E-state index contributed by atoms with van der Waals surface area (Å²) in [6, 6.07) is 21.1. The summed E-state index contributed by atoms with van der Waals surface area (Å²) in [4.78, 5) is 25.3. The summed E-state index contributed by atoms with van der Waals surface area (Å²) >= 11 is 6.51. The second-order valence-electron chi connectivity index (χ2n) is 9.83. The van der Waals surface area contributed by atoms with Gasteiger partial charge in [0, 0.05) is 23.2 Å². The van der Waals surface area contributed by atoms with Crippen LogP contribution in [0.2, 0.25) is 5.02 Å². The van der Waals surface area contributed by atoms with Crippen molar-refractivity contribution in [3.63, 3.8) is 0 Å². The first-order valence-electron chi connectivity index (χ1n) is 13.3. The number of amides is 1. The van der Waals surface area contributed by atoms with Gasteiger partial charge in [-0.2, -0.15) is 0 Å². The Labute approximate surface area is 228 Å². The number of hydrogen-bond donors (Lipinski definition) is 1. The molecule has 3 atom stereocenters. The number of nitrogens with one attached hydrogen (secondary N) is 1. The van der Waals surface area contributed by atoms with Crippen molar-refractivity contribution in [1.82, 2.24) is 5.32 Å². The van der Waals surface area contributed by atoms with Gasteiger partial charge in [0.25, 0.3) is 5.91 Å². The molecular weight excluding hydrogens is 502 g/mol. The second kappa shape index (κ2) is 11.9. The lowest BCUT2D eigenvalue weighted by atomic mass is 9.81. The van der Waals surface area contributed by atoms with Gasteiger partial charge in [-0.3, -0.25) is 9.59 Å². The Bertz CT molecular complexity index is 1280. The zero-order valence-electron chi connectivity index (χ0n) is 21.5. The average molecular weight is 534 g/mol. The third-order valence-electron chi connectivity index (χ3n) is 7.30. The second-order valence-corrected chi connectivity index (χ2v) is 10.2. The molecule has 5 rings (SSSR count). The number of halogens is 1. The number of carbonyl (C=O) groups is 2. The molecule has 6 nitrogen and oxygen atoms in total. The zero-order chi connectivity index (χ0) is 26.5. The predicted molar refractivity (Wildman–Crippen MR) is 146 cm³/mol. The molecule has 2 aliphatic rings. The van der Waals surface area contributed by atoms with Crippen molar-refractivity contribution in [3.05, 3.63) is 88.4 Å². The van der Waals surface area contributed by atoms with Gasteiger partial charge in [-0.25, -0.2) is 0 Å². The normalized spacial score (nSPS) is 20.5. The van der Waals surface area contributed by atoms with E-state index in [1.807, 2.05) is 6.07 Å². The van der Waals surface area contributed by atoms with Crippen molar-refractivity contribution in [3.8, 4) is 17.2 Å². The average Bonchev–Trinajstić information content (AvgIpc) is 2.94. The van der Waals surface area contributed by atoms with Crippen LogP contribution in [0.4, 0.5) is 0 Å². The predicted octanol–water partition coefficient (Wildman–Crippen LogP) is 7.02. The maximum absolute atomic E-state index is 12.9. The summed E-state index contributed by atoms with van der Waals surface area (Å²) in [6.45, 7) is 2.52. The molecule has 1 N–H and O–H groups in total. The third kappa shape index (κ3) is 5.97. The van der Waals surface area contributed by atoms with E-state index in [0.717, 1.165) is 25.7 Å². The van der Waals surface area contributed by atoms with Crippen molar-refractivity contribution >= 4 is 23.5 Å². The van der Waals surface area contributed by atoms with Crippen LogP contribution in [0, 0.1) is 0 Å². The molecule has 3 aromatic rings. The van der Waals surface area contributed by atoms with Gasteiger partial charge in [-0.1, -0.05) is 48.4 Å². The summed E-state index contributed by atoms with van der Waals surface area (Å²) in [5.41, 5.74) is 2.63. The van der Waals surface area contributed by atoms with Crippen LogP contribution >= 0.6 is 11.6 Å². The van der Waals surface area contributed by atoms with Gasteiger partial charge in [0.2, 0.25) is 0 Å². The molecule has 1 aliphatic heterocycles. The van der Waals surface area contributed by atoms with E-state index >= 15 is 0 Å². The maximum atomic E-state index is 12.9. The van der Waals surface area contributed by atoms with E-state index in [9.17, 15) is 9.59 Å². The number of hydrogen-bond acceptors (Lipinski definition) is 5. The van der Waals surface area contributed by atoms with E-state index in [-0.39, 0.29) is 17.9 Å². The van der Waals surface area contributed by atoms with Crippen molar-refractivity contribution in [2.24, 2.45) is 0 Å². The number of ether oxygens (including phenoxy) is 3. The minimum atomic E-state index is -0.407. The van der Waals surface area contributed by atoms with Gasteiger partial charge in [-0.05, 0) is 74.4 Å². The number of benzene rings is 3. The Morgan fingerprint density at radius 1 is 1.03 bits per heavy atom. The van der Waals surface area contributed by atoms with E-state index in [4.69, 9.17) is 25.8 Å². The van der Waals surface area contributed by atoms with Gasteiger partial charge < -0.3 is 19.5 Å². The molecular formula is C31H32ClNO5. The highest BCUT2D eigenvalue weighted by molar-refractivity contribution is 6.32. The first-order chi connectivity index (χ1) is 18.5. The lowest BCUT2D eigenvalue weighted by Crippen LogP contribution is -2.37. The van der Waals surface area contributed by atoms with Crippen LogP contribution < -0.4 is 14.8 Å². The quantitative estimate of drug-likeness (QED) is 0.330. The van der Waals surface area contributed by atoms with Gasteiger partial charge in [0.15, 0.2) is 0 Å². The Balaban J connectivity index is 1.22. The monoisotopic (exact) mass is 533 g/mol. The largest absolute Gasteiger partial charge is 0.493 e. The molecule has 0 aromatic heterocycles. The maximum Gasteiger partial charge on any atom is 0.313 e. The van der Waals surface area contributed by atoms with Gasteiger partial charge in [-0.15, -0.1) is 0 Å². The van der Waals surface area contributed by atoms with Crippen LogP contribution in [0.1, 0.15) is 72.3 Å². The minimum Gasteiger partial charge on any atom is -0.493 e. The first kappa shape index (κ1) is 26.1. The summed E-state index contributed by atoms with van der Waals surface area (Å²) in [7, 11) is 0. The van der Waals surface area contributed by atoms with Crippen LogP contribution in [0.25, 0.3) is 0 Å². The van der Waals surface area contributed by atoms with Crippen LogP contribution in [0.5, 0.6) is 17.2 Å². The first-order valence-corrected chi connectivity index (χ1v) is 13.7. The Kier molecular flexibility index (Phi) is 8.18. The SMILES string of the molecule is CCOC(=O)C1CCOc2cc(Oc3ccc(C(=O)NC4CCCC(c5ccccc5)C4)cc3)c(Cl)cc21. The van der Waals surface area contributed by atoms with Crippen LogP contribution in [0.3, 0.4) is 0 Å². The Morgan fingerprint density at radius 3 is 2.58 bits per heavy atom. The van der Waals surface area contributed by atoms with Crippen molar-refractivity contribution in [2.75, 3.05) is 13.2 Å². The molecule has 0 radical (unpaired) electrons. The number of carbonyl (C=O) groups excluding carboxylic acids is 2. The Hall–Kier alpha value is -3.51. The molecule has 1 fully saturated rings. The molecule has 1 aliphatic carbocycles. The van der Waals surface area contributed by atoms with Crippen LogP contribution in [-0.2, 0) is 9.53 Å². The molecule has 0 bridgehead atoms. The molecule has 1 heterocycles. The topological polar surface area (TPSA) is 73.9 Å². The fourth-order valence-electron chi connectivity index (χ4n) is 5.37. The summed E-state index contributed by atoms with van der Waals surface area (Å²) < 4.78 is 17.0. The number of rotatable bonds is 7. The highest BCUT2D eigenvalue weighted by Crippen LogP contribution is 2.42. The van der Waals surface area contributed by atoms with E-state index in [1.165, 1.54) is 5.56 Å². The fraction of sp³-hybridized carbons (Fsp3) is 0.355. The van der Waals surface area contributed by atoms with Gasteiger partial charge >= 0.3 is 5.97 Å². The van der Waals surface area contributed by atoms with Crippen molar-refractivity contribution in [1.29, 1.82) is 0 Å². The third-order valence-corrected chi connectivity index (χ3v) is 7.60. The summed E-state index contributed by atoms with van der Waals surface area (Å²) in [6.07, 6.45) is 4.74. The number of fused-ring (bicyclic) bond motifs is 1. The summed E-state index contributed by atoms with van der Waals surface area (Å²) in [5.74, 6) is 1.23. The van der Waals surface area contributed by atoms with E-state index in [0.29, 0.717) is 59.0 Å². The molecule has 1 saturated carbocycles. The molecule has 3 unspecified atom stereocenters. The highest BCUT2D eigenvalue weighted by atomic mass is 35.5. The Morgan fingerprint density at radius 2 is 1.82 bits per heavy atom. The van der Waals surface area contributed by atoms with Crippen molar-refractivity contribution in [2.45, 2.75) is 56.9 Å². The fourth-order valence-corrected chi connectivity index (χ4v) is 5.59. The van der Waals surface area contributed by atoms with E-state index in [1.54, 1.807) is 43.3 Å². The van der Waals surface area contributed by atoms with E-state index in [2.05, 4.69) is 29.6 Å². The molecule has 1 amide bonds. The molecule has 198 valence electrons. The van der Waals surface area contributed by atoms with Crippen LogP contribution in [0.15, 0.2) is 66.7 Å². The lowest BCUT2D eigenvalue weighted by molar-refractivity contribution is -0.145. The molecule has 38 heavy (non-hydrogen) atoms. The molecule has 0 saturated heterocycles. The van der Waals surface area contributed by atoms with E-state index < -0.39 is 5.92 Å². The highest BCUT2D eigenvalue weighted by Gasteiger charge is 2.30. The smallest absolute Gasteiger partial charge is 0.313 e. The lowest BCUT2D eigenvalue weighted by Gasteiger charge is -2.30. The van der Waals surface area contributed by atoms with Crippen LogP contribution in [-0.4, -0.2) is 31.1 Å². The molecule has 3 aromatic carbocycles. The zero-order valence-corrected chi connectivity index (χ0v) is 22.2. The minimum absolute atomic E-state index is 0.0829. The summed E-state index contributed by atoms with van der Waals surface area (Å²) in [5, 5.41) is 3.59. The van der Waals surface area contributed by atoms with Crippen molar-refractivity contribution < 1.29 is 23.8 Å². The van der Waals surface area contributed by atoms with Gasteiger partial charge in [0.05, 0.1) is 24.2 Å². The number of esters is 1. The molecule has 7 heteroatoms. The van der Waals surface area contributed by atoms with Gasteiger partial charge in [0.1, 0.15) is 17.2 Å². The molecule has 0 spiro atoms. The standard InChI is InChI=1S/C31H32ClNO5/c1-2-36-31(35)25-15-16-37-28-19-29(27(32)18-26(25)28)38-24-13-11-21(12-14-24)30(34)33-23-10-6-9-22(17-23)20-7-4-3-5-8-20/h3-5,7-8,11-14,18-19,22-23,25H,2,6,9-10,15-17H2,1H3,(H,33,34).